The quantitative estimate of drug-likeness (QED) is 0.839. The van der Waals surface area contributed by atoms with Crippen LogP contribution in [-0.4, -0.2) is 53.6 Å². The van der Waals surface area contributed by atoms with Crippen LogP contribution in [0, 0.1) is 0 Å². The predicted octanol–water partition coefficient (Wildman–Crippen LogP) is 3.14. The van der Waals surface area contributed by atoms with Crippen molar-refractivity contribution in [1.82, 2.24) is 9.21 Å². The Kier molecular flexibility index (Phi) is 5.48. The van der Waals surface area contributed by atoms with E-state index in [1.807, 2.05) is 18.2 Å². The number of benzene rings is 1. The van der Waals surface area contributed by atoms with Gasteiger partial charge >= 0.3 is 0 Å². The maximum absolute atomic E-state index is 13.1. The van der Waals surface area contributed by atoms with E-state index < -0.39 is 14.8 Å². The molecule has 1 aromatic rings. The minimum Gasteiger partial charge on any atom is -0.296 e. The average molecular weight is 353 g/mol. The molecule has 0 N–H and O–H groups in total. The van der Waals surface area contributed by atoms with Gasteiger partial charge in [-0.25, -0.2) is 8.42 Å². The van der Waals surface area contributed by atoms with Gasteiger partial charge in [0, 0.05) is 31.2 Å². The molecule has 0 amide bonds. The van der Waals surface area contributed by atoms with E-state index in [1.165, 1.54) is 5.56 Å². The van der Waals surface area contributed by atoms with Gasteiger partial charge in [0.2, 0.25) is 10.0 Å². The van der Waals surface area contributed by atoms with Crippen LogP contribution in [0.5, 0.6) is 0 Å². The second-order valence-electron chi connectivity index (χ2n) is 8.69. The van der Waals surface area contributed by atoms with E-state index >= 15 is 0 Å². The maximum Gasteiger partial charge on any atom is 0.219 e. The summed E-state index contributed by atoms with van der Waals surface area (Å²) < 4.78 is 27.1. The number of nitrogens with zero attached hydrogens (tertiary/aromatic N) is 2. The molecule has 24 heavy (non-hydrogen) atoms. The lowest BCUT2D eigenvalue weighted by Gasteiger charge is -2.47. The van der Waals surface area contributed by atoms with E-state index in [0.29, 0.717) is 6.54 Å². The normalized spacial score (nSPS) is 21.8. The molecule has 0 aromatic heterocycles. The Bertz CT molecular complexity index is 642. The van der Waals surface area contributed by atoms with Crippen molar-refractivity contribution in [2.24, 2.45) is 0 Å². The smallest absolute Gasteiger partial charge is 0.219 e. The monoisotopic (exact) mass is 352 g/mol. The summed E-state index contributed by atoms with van der Waals surface area (Å²) in [4.78, 5) is 2.40. The SMILES string of the molecule is CC(C)(C)N1CCN(S(=O)(=O)C(C)(C)C)C(Cc2ccccc2)C1. The topological polar surface area (TPSA) is 40.6 Å². The van der Waals surface area contributed by atoms with Crippen molar-refractivity contribution in [3.8, 4) is 0 Å². The summed E-state index contributed by atoms with van der Waals surface area (Å²) >= 11 is 0. The standard InChI is InChI=1S/C19H32N2O2S/c1-18(2,3)20-12-13-21(24(22,23)19(4,5)6)17(15-20)14-16-10-8-7-9-11-16/h7-11,17H,12-15H2,1-6H3. The first kappa shape index (κ1) is 19.4. The number of sulfonamides is 1. The van der Waals surface area contributed by atoms with Crippen LogP contribution < -0.4 is 0 Å². The first-order valence-electron chi connectivity index (χ1n) is 8.73. The van der Waals surface area contributed by atoms with Gasteiger partial charge in [-0.15, -0.1) is 0 Å². The van der Waals surface area contributed by atoms with Crippen LogP contribution in [0.15, 0.2) is 30.3 Å². The molecule has 1 saturated heterocycles. The first-order chi connectivity index (χ1) is 10.9. The first-order valence-corrected chi connectivity index (χ1v) is 10.2. The molecule has 1 unspecified atom stereocenters. The van der Waals surface area contributed by atoms with Crippen LogP contribution in [0.25, 0.3) is 0 Å². The molecule has 0 spiro atoms. The van der Waals surface area contributed by atoms with E-state index in [9.17, 15) is 8.42 Å². The molecule has 1 aliphatic heterocycles. The van der Waals surface area contributed by atoms with Crippen molar-refractivity contribution in [2.45, 2.75) is 64.3 Å². The van der Waals surface area contributed by atoms with Crippen LogP contribution in [0.4, 0.5) is 0 Å². The fourth-order valence-corrected chi connectivity index (χ4v) is 4.73. The van der Waals surface area contributed by atoms with Gasteiger partial charge in [-0.3, -0.25) is 4.90 Å². The van der Waals surface area contributed by atoms with E-state index in [1.54, 1.807) is 25.1 Å². The van der Waals surface area contributed by atoms with Crippen molar-refractivity contribution >= 4 is 10.0 Å². The fourth-order valence-electron chi connectivity index (χ4n) is 3.17. The lowest BCUT2D eigenvalue weighted by Crippen LogP contribution is -2.62. The van der Waals surface area contributed by atoms with E-state index in [-0.39, 0.29) is 11.6 Å². The molecule has 5 heteroatoms. The van der Waals surface area contributed by atoms with Gasteiger partial charge in [-0.1, -0.05) is 30.3 Å². The number of hydrogen-bond acceptors (Lipinski definition) is 3. The average Bonchev–Trinajstić information content (AvgIpc) is 2.46. The van der Waals surface area contributed by atoms with Gasteiger partial charge in [-0.2, -0.15) is 4.31 Å². The number of piperazine rings is 1. The van der Waals surface area contributed by atoms with Crippen molar-refractivity contribution in [1.29, 1.82) is 0 Å². The Morgan fingerprint density at radius 1 is 1.00 bits per heavy atom. The molecule has 1 aliphatic rings. The van der Waals surface area contributed by atoms with E-state index in [0.717, 1.165) is 19.5 Å². The third-order valence-electron chi connectivity index (χ3n) is 4.77. The third kappa shape index (κ3) is 4.19. The van der Waals surface area contributed by atoms with Crippen LogP contribution in [0.2, 0.25) is 0 Å². The molecule has 2 rings (SSSR count). The summed E-state index contributed by atoms with van der Waals surface area (Å²) in [6, 6.07) is 10.2. The fraction of sp³-hybridized carbons (Fsp3) is 0.684. The number of hydrogen-bond donors (Lipinski definition) is 0. The van der Waals surface area contributed by atoms with Gasteiger partial charge in [0.05, 0.1) is 4.75 Å². The van der Waals surface area contributed by atoms with E-state index in [4.69, 9.17) is 0 Å². The lowest BCUT2D eigenvalue weighted by molar-refractivity contribution is 0.0584. The summed E-state index contributed by atoms with van der Waals surface area (Å²) in [6.07, 6.45) is 0.753. The third-order valence-corrected chi connectivity index (χ3v) is 7.42. The maximum atomic E-state index is 13.1. The summed E-state index contributed by atoms with van der Waals surface area (Å²) in [5.41, 5.74) is 1.24. The molecule has 0 saturated carbocycles. The lowest BCUT2D eigenvalue weighted by atomic mass is 9.99. The van der Waals surface area contributed by atoms with Crippen molar-refractivity contribution < 1.29 is 8.42 Å². The van der Waals surface area contributed by atoms with Gasteiger partial charge in [0.1, 0.15) is 0 Å². The van der Waals surface area contributed by atoms with Crippen LogP contribution >= 0.6 is 0 Å². The molecule has 1 fully saturated rings. The van der Waals surface area contributed by atoms with Crippen molar-refractivity contribution in [3.05, 3.63) is 35.9 Å². The van der Waals surface area contributed by atoms with Crippen molar-refractivity contribution in [3.63, 3.8) is 0 Å². The van der Waals surface area contributed by atoms with Crippen LogP contribution in [0.3, 0.4) is 0 Å². The Balaban J connectivity index is 2.32. The van der Waals surface area contributed by atoms with Crippen LogP contribution in [-0.2, 0) is 16.4 Å². The highest BCUT2D eigenvalue weighted by atomic mass is 32.2. The summed E-state index contributed by atoms with van der Waals surface area (Å²) in [5, 5.41) is 0. The Labute approximate surface area is 147 Å². The molecule has 4 nitrogen and oxygen atoms in total. The summed E-state index contributed by atoms with van der Waals surface area (Å²) in [5.74, 6) is 0. The Morgan fingerprint density at radius 2 is 1.58 bits per heavy atom. The predicted molar refractivity (Wildman–Crippen MR) is 101 cm³/mol. The largest absolute Gasteiger partial charge is 0.296 e. The molecule has 0 radical (unpaired) electrons. The van der Waals surface area contributed by atoms with Gasteiger partial charge in [-0.05, 0) is 53.5 Å². The highest BCUT2D eigenvalue weighted by Crippen LogP contribution is 2.28. The Hall–Kier alpha value is -0.910. The number of rotatable bonds is 3. The zero-order valence-corrected chi connectivity index (χ0v) is 16.7. The summed E-state index contributed by atoms with van der Waals surface area (Å²) in [7, 11) is -3.33. The molecular formula is C19H32N2O2S. The highest BCUT2D eigenvalue weighted by Gasteiger charge is 2.43. The summed E-state index contributed by atoms with van der Waals surface area (Å²) in [6.45, 7) is 14.1. The minimum atomic E-state index is -3.33. The second kappa shape index (κ2) is 6.77. The molecule has 1 atom stereocenters. The highest BCUT2D eigenvalue weighted by molar-refractivity contribution is 7.90. The Morgan fingerprint density at radius 3 is 2.08 bits per heavy atom. The molecule has 1 aromatic carbocycles. The molecule has 136 valence electrons. The van der Waals surface area contributed by atoms with E-state index in [2.05, 4.69) is 37.8 Å². The molecule has 0 bridgehead atoms. The second-order valence-corrected chi connectivity index (χ2v) is 11.3. The van der Waals surface area contributed by atoms with Gasteiger partial charge < -0.3 is 0 Å². The zero-order valence-electron chi connectivity index (χ0n) is 15.9. The minimum absolute atomic E-state index is 0.0235. The molecular weight excluding hydrogens is 320 g/mol. The molecule has 0 aliphatic carbocycles. The van der Waals surface area contributed by atoms with Gasteiger partial charge in [0.15, 0.2) is 0 Å². The zero-order chi connectivity index (χ0) is 18.2. The van der Waals surface area contributed by atoms with Gasteiger partial charge in [0.25, 0.3) is 0 Å². The van der Waals surface area contributed by atoms with Crippen LogP contribution in [0.1, 0.15) is 47.1 Å². The van der Waals surface area contributed by atoms with Crippen molar-refractivity contribution in [2.75, 3.05) is 19.6 Å². The molecule has 1 heterocycles.